The summed E-state index contributed by atoms with van der Waals surface area (Å²) < 4.78 is 2.22. The van der Waals surface area contributed by atoms with Gasteiger partial charge in [0.25, 0.3) is 0 Å². The van der Waals surface area contributed by atoms with Gasteiger partial charge in [0.15, 0.2) is 5.82 Å². The molecule has 0 saturated heterocycles. The van der Waals surface area contributed by atoms with Crippen LogP contribution in [0.2, 0.25) is 0 Å². The summed E-state index contributed by atoms with van der Waals surface area (Å²) in [6, 6.07) is 1.03. The third-order valence-corrected chi connectivity index (χ3v) is 4.24. The second-order valence-corrected chi connectivity index (χ2v) is 5.75. The standard InChI is InChI=1S/C15H28N4/c1-5-14-17-15(6-2)19(18-14)13-10-11(4)8-9-12(13)16-7-3/h11-13,16H,5-10H2,1-4H3. The summed E-state index contributed by atoms with van der Waals surface area (Å²) in [6.07, 6.45) is 5.69. The van der Waals surface area contributed by atoms with Crippen LogP contribution in [0.15, 0.2) is 0 Å². The summed E-state index contributed by atoms with van der Waals surface area (Å²) in [5.74, 6) is 2.93. The van der Waals surface area contributed by atoms with Gasteiger partial charge in [0.05, 0.1) is 6.04 Å². The van der Waals surface area contributed by atoms with Gasteiger partial charge in [-0.1, -0.05) is 27.7 Å². The molecular weight excluding hydrogens is 236 g/mol. The SMILES string of the molecule is CCNC1CCC(C)CC1n1nc(CC)nc1CC. The minimum atomic E-state index is 0.478. The summed E-state index contributed by atoms with van der Waals surface area (Å²) in [5.41, 5.74) is 0. The molecule has 0 bridgehead atoms. The summed E-state index contributed by atoms with van der Waals surface area (Å²) in [6.45, 7) is 9.89. The van der Waals surface area contributed by atoms with Crippen molar-refractivity contribution in [3.63, 3.8) is 0 Å². The maximum atomic E-state index is 4.76. The Morgan fingerprint density at radius 3 is 2.63 bits per heavy atom. The normalized spacial score (nSPS) is 27.7. The maximum absolute atomic E-state index is 4.76. The van der Waals surface area contributed by atoms with E-state index >= 15 is 0 Å². The van der Waals surface area contributed by atoms with Gasteiger partial charge in [0, 0.05) is 18.9 Å². The van der Waals surface area contributed by atoms with Gasteiger partial charge in [-0.15, -0.1) is 0 Å². The lowest BCUT2D eigenvalue weighted by atomic mass is 9.83. The van der Waals surface area contributed by atoms with Gasteiger partial charge in [-0.05, 0) is 31.7 Å². The van der Waals surface area contributed by atoms with E-state index in [0.717, 1.165) is 37.0 Å². The van der Waals surface area contributed by atoms with Crippen LogP contribution in [0, 0.1) is 5.92 Å². The van der Waals surface area contributed by atoms with E-state index in [1.807, 2.05) is 0 Å². The van der Waals surface area contributed by atoms with Crippen LogP contribution in [0.25, 0.3) is 0 Å². The molecule has 1 aliphatic carbocycles. The van der Waals surface area contributed by atoms with Gasteiger partial charge in [0.2, 0.25) is 0 Å². The molecule has 0 aliphatic heterocycles. The van der Waals surface area contributed by atoms with Gasteiger partial charge >= 0.3 is 0 Å². The Morgan fingerprint density at radius 1 is 1.21 bits per heavy atom. The van der Waals surface area contributed by atoms with Crippen molar-refractivity contribution in [2.75, 3.05) is 6.54 Å². The highest BCUT2D eigenvalue weighted by atomic mass is 15.4. The van der Waals surface area contributed by atoms with Crippen molar-refractivity contribution in [2.45, 2.75) is 71.9 Å². The third-order valence-electron chi connectivity index (χ3n) is 4.24. The topological polar surface area (TPSA) is 42.7 Å². The number of aromatic nitrogens is 3. The Hall–Kier alpha value is -0.900. The molecule has 0 spiro atoms. The lowest BCUT2D eigenvalue weighted by Crippen LogP contribution is -2.42. The second-order valence-electron chi connectivity index (χ2n) is 5.75. The minimum Gasteiger partial charge on any atom is -0.312 e. The molecule has 1 aliphatic rings. The van der Waals surface area contributed by atoms with Gasteiger partial charge in [-0.3, -0.25) is 0 Å². The molecule has 4 nitrogen and oxygen atoms in total. The highest BCUT2D eigenvalue weighted by molar-refractivity contribution is 4.98. The Balaban J connectivity index is 2.26. The monoisotopic (exact) mass is 264 g/mol. The summed E-state index contributed by atoms with van der Waals surface area (Å²) >= 11 is 0. The minimum absolute atomic E-state index is 0.478. The second kappa shape index (κ2) is 6.51. The van der Waals surface area contributed by atoms with Crippen molar-refractivity contribution >= 4 is 0 Å². The first-order chi connectivity index (χ1) is 9.19. The molecule has 0 aromatic carbocycles. The van der Waals surface area contributed by atoms with E-state index in [0.29, 0.717) is 12.1 Å². The molecule has 2 rings (SSSR count). The largest absolute Gasteiger partial charge is 0.312 e. The van der Waals surface area contributed by atoms with Crippen molar-refractivity contribution in [3.05, 3.63) is 11.6 Å². The number of hydrogen-bond donors (Lipinski definition) is 1. The predicted molar refractivity (Wildman–Crippen MR) is 78.3 cm³/mol. The van der Waals surface area contributed by atoms with E-state index in [1.54, 1.807) is 0 Å². The van der Waals surface area contributed by atoms with Crippen LogP contribution in [0.3, 0.4) is 0 Å². The molecule has 1 aromatic rings. The van der Waals surface area contributed by atoms with E-state index in [9.17, 15) is 0 Å². The quantitative estimate of drug-likeness (QED) is 0.889. The zero-order chi connectivity index (χ0) is 13.8. The van der Waals surface area contributed by atoms with Crippen LogP contribution < -0.4 is 5.32 Å². The van der Waals surface area contributed by atoms with Crippen molar-refractivity contribution in [1.29, 1.82) is 0 Å². The fourth-order valence-corrected chi connectivity index (χ4v) is 3.18. The summed E-state index contributed by atoms with van der Waals surface area (Å²) in [7, 11) is 0. The Bertz CT molecular complexity index is 399. The van der Waals surface area contributed by atoms with E-state index in [4.69, 9.17) is 5.10 Å². The lowest BCUT2D eigenvalue weighted by molar-refractivity contribution is 0.201. The first-order valence-electron chi connectivity index (χ1n) is 7.87. The molecular formula is C15H28N4. The van der Waals surface area contributed by atoms with Crippen molar-refractivity contribution < 1.29 is 0 Å². The molecule has 0 amide bonds. The van der Waals surface area contributed by atoms with Crippen LogP contribution >= 0.6 is 0 Å². The highest BCUT2D eigenvalue weighted by Crippen LogP contribution is 2.33. The average molecular weight is 264 g/mol. The molecule has 3 atom stereocenters. The van der Waals surface area contributed by atoms with Gasteiger partial charge in [0.1, 0.15) is 5.82 Å². The molecule has 1 fully saturated rings. The summed E-state index contributed by atoms with van der Waals surface area (Å²) in [4.78, 5) is 4.67. The molecule has 108 valence electrons. The molecule has 1 N–H and O–H groups in total. The van der Waals surface area contributed by atoms with Crippen LogP contribution in [-0.4, -0.2) is 27.4 Å². The van der Waals surface area contributed by atoms with E-state index in [1.165, 1.54) is 19.3 Å². The molecule has 0 radical (unpaired) electrons. The van der Waals surface area contributed by atoms with Gasteiger partial charge < -0.3 is 5.32 Å². The molecule has 19 heavy (non-hydrogen) atoms. The Labute approximate surface area is 117 Å². The van der Waals surface area contributed by atoms with Crippen molar-refractivity contribution in [2.24, 2.45) is 5.92 Å². The number of nitrogens with one attached hydrogen (secondary N) is 1. The smallest absolute Gasteiger partial charge is 0.150 e. The number of nitrogens with zero attached hydrogens (tertiary/aromatic N) is 3. The molecule has 1 saturated carbocycles. The number of rotatable bonds is 5. The number of aryl methyl sites for hydroxylation is 2. The van der Waals surface area contributed by atoms with Gasteiger partial charge in [-0.2, -0.15) is 5.10 Å². The van der Waals surface area contributed by atoms with E-state index < -0.39 is 0 Å². The Morgan fingerprint density at radius 2 is 2.00 bits per heavy atom. The van der Waals surface area contributed by atoms with E-state index in [-0.39, 0.29) is 0 Å². The van der Waals surface area contributed by atoms with Crippen LogP contribution in [0.4, 0.5) is 0 Å². The van der Waals surface area contributed by atoms with Crippen LogP contribution in [0.1, 0.15) is 64.6 Å². The van der Waals surface area contributed by atoms with Crippen LogP contribution in [-0.2, 0) is 12.8 Å². The third kappa shape index (κ3) is 3.16. The van der Waals surface area contributed by atoms with E-state index in [2.05, 4.69) is 42.7 Å². The van der Waals surface area contributed by atoms with Crippen LogP contribution in [0.5, 0.6) is 0 Å². The zero-order valence-electron chi connectivity index (χ0n) is 12.8. The lowest BCUT2D eigenvalue weighted by Gasteiger charge is -2.35. The molecule has 3 unspecified atom stereocenters. The van der Waals surface area contributed by atoms with Gasteiger partial charge in [-0.25, -0.2) is 9.67 Å². The fourth-order valence-electron chi connectivity index (χ4n) is 3.18. The predicted octanol–water partition coefficient (Wildman–Crippen LogP) is 2.74. The number of hydrogen-bond acceptors (Lipinski definition) is 3. The zero-order valence-corrected chi connectivity index (χ0v) is 12.8. The molecule has 4 heteroatoms. The Kier molecular flexibility index (Phi) is 4.97. The maximum Gasteiger partial charge on any atom is 0.150 e. The fraction of sp³-hybridized carbons (Fsp3) is 0.867. The summed E-state index contributed by atoms with van der Waals surface area (Å²) in [5, 5.41) is 8.40. The van der Waals surface area contributed by atoms with Crippen molar-refractivity contribution in [1.82, 2.24) is 20.1 Å². The first-order valence-corrected chi connectivity index (χ1v) is 7.87. The first kappa shape index (κ1) is 14.5. The molecule has 1 heterocycles. The van der Waals surface area contributed by atoms with Crippen molar-refractivity contribution in [3.8, 4) is 0 Å². The highest BCUT2D eigenvalue weighted by Gasteiger charge is 2.31. The average Bonchev–Trinajstić information content (AvgIpc) is 2.84. The number of likely N-dealkylation sites (N-methyl/N-ethyl adjacent to an activating group) is 1. The molecule has 1 aromatic heterocycles.